The van der Waals surface area contributed by atoms with Gasteiger partial charge < -0.3 is 5.73 Å². The topological polar surface area (TPSA) is 38.9 Å². The number of hydrogen-bond donors (Lipinski definition) is 1. The fraction of sp³-hybridized carbons (Fsp3) is 0.182. The summed E-state index contributed by atoms with van der Waals surface area (Å²) in [5.74, 6) is -1.75. The summed E-state index contributed by atoms with van der Waals surface area (Å²) in [6, 6.07) is 3.75. The van der Waals surface area contributed by atoms with Gasteiger partial charge in [-0.2, -0.15) is 0 Å². The molecule has 4 heteroatoms. The van der Waals surface area contributed by atoms with Crippen LogP contribution in [0.25, 0.3) is 10.9 Å². The Balaban J connectivity index is 2.66. The molecule has 2 N–H and O–H groups in total. The van der Waals surface area contributed by atoms with E-state index < -0.39 is 11.6 Å². The third-order valence-electron chi connectivity index (χ3n) is 2.27. The molecule has 0 amide bonds. The van der Waals surface area contributed by atoms with E-state index in [0.717, 1.165) is 17.7 Å². The summed E-state index contributed by atoms with van der Waals surface area (Å²) in [5.41, 5.74) is 6.89. The molecule has 0 radical (unpaired) electrons. The molecule has 0 aliphatic carbocycles. The van der Waals surface area contributed by atoms with E-state index in [1.807, 2.05) is 6.92 Å². The Morgan fingerprint density at radius 2 is 1.87 bits per heavy atom. The molecule has 0 aliphatic heterocycles. The molecular weight excluding hydrogens is 198 g/mol. The van der Waals surface area contributed by atoms with Gasteiger partial charge >= 0.3 is 0 Å². The van der Waals surface area contributed by atoms with Gasteiger partial charge in [0.05, 0.1) is 5.52 Å². The lowest BCUT2D eigenvalue weighted by Gasteiger charge is -2.06. The predicted molar refractivity (Wildman–Crippen MR) is 54.3 cm³/mol. The van der Waals surface area contributed by atoms with Gasteiger partial charge in [0.15, 0.2) is 11.6 Å². The van der Waals surface area contributed by atoms with E-state index in [4.69, 9.17) is 5.73 Å². The molecule has 0 saturated heterocycles. The van der Waals surface area contributed by atoms with Crippen molar-refractivity contribution in [3.63, 3.8) is 0 Å². The largest absolute Gasteiger partial charge is 0.324 e. The van der Waals surface area contributed by atoms with E-state index in [2.05, 4.69) is 4.98 Å². The zero-order valence-corrected chi connectivity index (χ0v) is 8.17. The van der Waals surface area contributed by atoms with Gasteiger partial charge in [-0.05, 0) is 24.6 Å². The van der Waals surface area contributed by atoms with Crippen molar-refractivity contribution in [2.24, 2.45) is 5.73 Å². The van der Waals surface area contributed by atoms with Crippen molar-refractivity contribution < 1.29 is 8.78 Å². The second-order valence-corrected chi connectivity index (χ2v) is 3.52. The number of halogens is 2. The maximum absolute atomic E-state index is 12.9. The first-order chi connectivity index (χ1) is 7.08. The molecule has 0 spiro atoms. The maximum Gasteiger partial charge on any atom is 0.161 e. The van der Waals surface area contributed by atoms with Crippen LogP contribution < -0.4 is 5.73 Å². The highest BCUT2D eigenvalue weighted by atomic mass is 19.2. The zero-order valence-electron chi connectivity index (χ0n) is 8.17. The normalized spacial score (nSPS) is 13.1. The van der Waals surface area contributed by atoms with Gasteiger partial charge in [-0.15, -0.1) is 0 Å². The van der Waals surface area contributed by atoms with E-state index in [1.165, 1.54) is 0 Å². The van der Waals surface area contributed by atoms with Gasteiger partial charge in [-0.1, -0.05) is 0 Å². The van der Waals surface area contributed by atoms with E-state index >= 15 is 0 Å². The van der Waals surface area contributed by atoms with Crippen molar-refractivity contribution >= 4 is 10.9 Å². The summed E-state index contributed by atoms with van der Waals surface area (Å²) in [6.45, 7) is 1.81. The Hall–Kier alpha value is -1.55. The third-order valence-corrected chi connectivity index (χ3v) is 2.27. The standard InChI is InChI=1S/C11H10F2N2/c1-6(14)8-2-7-3-9(12)10(13)4-11(7)15-5-8/h2-6H,14H2,1H3. The second kappa shape index (κ2) is 3.55. The van der Waals surface area contributed by atoms with Crippen LogP contribution in [0.5, 0.6) is 0 Å². The van der Waals surface area contributed by atoms with Gasteiger partial charge in [0, 0.05) is 23.7 Å². The minimum Gasteiger partial charge on any atom is -0.324 e. The first-order valence-electron chi connectivity index (χ1n) is 4.58. The van der Waals surface area contributed by atoms with Crippen LogP contribution in [0, 0.1) is 11.6 Å². The summed E-state index contributed by atoms with van der Waals surface area (Å²) in [5, 5.41) is 0.559. The average Bonchev–Trinajstić information content (AvgIpc) is 2.19. The van der Waals surface area contributed by atoms with Crippen LogP contribution in [-0.4, -0.2) is 4.98 Å². The molecule has 0 bridgehead atoms. The maximum atomic E-state index is 12.9. The molecule has 1 heterocycles. The summed E-state index contributed by atoms with van der Waals surface area (Å²) in [4.78, 5) is 4.02. The molecule has 0 aliphatic rings. The molecule has 2 rings (SSSR count). The summed E-state index contributed by atoms with van der Waals surface area (Å²) in [6.07, 6.45) is 1.57. The smallest absolute Gasteiger partial charge is 0.161 e. The molecule has 2 nitrogen and oxygen atoms in total. The quantitative estimate of drug-likeness (QED) is 0.782. The molecule has 1 atom stereocenters. The van der Waals surface area contributed by atoms with Crippen LogP contribution in [0.1, 0.15) is 18.5 Å². The van der Waals surface area contributed by atoms with Gasteiger partial charge in [0.25, 0.3) is 0 Å². The minimum absolute atomic E-state index is 0.171. The molecule has 0 saturated carbocycles. The van der Waals surface area contributed by atoms with E-state index in [1.54, 1.807) is 12.3 Å². The molecule has 78 valence electrons. The van der Waals surface area contributed by atoms with Gasteiger partial charge in [0.2, 0.25) is 0 Å². The van der Waals surface area contributed by atoms with E-state index in [9.17, 15) is 8.78 Å². The fourth-order valence-corrected chi connectivity index (χ4v) is 1.39. The van der Waals surface area contributed by atoms with Crippen molar-refractivity contribution in [2.75, 3.05) is 0 Å². The lowest BCUT2D eigenvalue weighted by molar-refractivity contribution is 0.510. The predicted octanol–water partition coefficient (Wildman–Crippen LogP) is 2.53. The Morgan fingerprint density at radius 1 is 1.20 bits per heavy atom. The average molecular weight is 208 g/mol. The molecular formula is C11H10F2N2. The van der Waals surface area contributed by atoms with Gasteiger partial charge in [-0.25, -0.2) is 8.78 Å². The third kappa shape index (κ3) is 1.80. The number of pyridine rings is 1. The van der Waals surface area contributed by atoms with Crippen molar-refractivity contribution in [3.8, 4) is 0 Å². The van der Waals surface area contributed by atoms with Crippen molar-refractivity contribution in [1.82, 2.24) is 4.98 Å². The van der Waals surface area contributed by atoms with Crippen LogP contribution >= 0.6 is 0 Å². The Bertz CT molecular complexity index is 509. The molecule has 15 heavy (non-hydrogen) atoms. The minimum atomic E-state index is -0.886. The number of fused-ring (bicyclic) bond motifs is 1. The second-order valence-electron chi connectivity index (χ2n) is 3.52. The lowest BCUT2D eigenvalue weighted by Crippen LogP contribution is -2.05. The Morgan fingerprint density at radius 3 is 2.53 bits per heavy atom. The number of nitrogens with two attached hydrogens (primary N) is 1. The van der Waals surface area contributed by atoms with Crippen LogP contribution in [0.3, 0.4) is 0 Å². The van der Waals surface area contributed by atoms with Gasteiger partial charge in [0.1, 0.15) is 0 Å². The van der Waals surface area contributed by atoms with Crippen molar-refractivity contribution in [3.05, 3.63) is 41.6 Å². The van der Waals surface area contributed by atoms with Crippen LogP contribution in [0.2, 0.25) is 0 Å². The molecule has 2 aromatic rings. The molecule has 0 fully saturated rings. The summed E-state index contributed by atoms with van der Waals surface area (Å²) in [7, 11) is 0. The Labute approximate surface area is 85.7 Å². The van der Waals surface area contributed by atoms with Gasteiger partial charge in [-0.3, -0.25) is 4.98 Å². The first kappa shape index (κ1) is 9.98. The molecule has 1 aromatic carbocycles. The van der Waals surface area contributed by atoms with Crippen LogP contribution in [0.15, 0.2) is 24.4 Å². The highest BCUT2D eigenvalue weighted by Gasteiger charge is 2.07. The number of nitrogens with zero attached hydrogens (tertiary/aromatic N) is 1. The first-order valence-corrected chi connectivity index (χ1v) is 4.58. The van der Waals surface area contributed by atoms with E-state index in [-0.39, 0.29) is 6.04 Å². The van der Waals surface area contributed by atoms with Crippen LogP contribution in [-0.2, 0) is 0 Å². The van der Waals surface area contributed by atoms with E-state index in [0.29, 0.717) is 10.9 Å². The number of benzene rings is 1. The van der Waals surface area contributed by atoms with Crippen LogP contribution in [0.4, 0.5) is 8.78 Å². The Kier molecular flexibility index (Phi) is 2.36. The molecule has 1 aromatic heterocycles. The number of rotatable bonds is 1. The van der Waals surface area contributed by atoms with Crippen molar-refractivity contribution in [2.45, 2.75) is 13.0 Å². The number of hydrogen-bond acceptors (Lipinski definition) is 2. The highest BCUT2D eigenvalue weighted by molar-refractivity contribution is 5.79. The summed E-state index contributed by atoms with van der Waals surface area (Å²) >= 11 is 0. The number of aromatic nitrogens is 1. The lowest BCUT2D eigenvalue weighted by atomic mass is 10.1. The fourth-order valence-electron chi connectivity index (χ4n) is 1.39. The molecule has 1 unspecified atom stereocenters. The monoisotopic (exact) mass is 208 g/mol. The summed E-state index contributed by atoms with van der Waals surface area (Å²) < 4.78 is 25.8. The highest BCUT2D eigenvalue weighted by Crippen LogP contribution is 2.19. The SMILES string of the molecule is CC(N)c1cnc2cc(F)c(F)cc2c1. The van der Waals surface area contributed by atoms with Crippen molar-refractivity contribution in [1.29, 1.82) is 0 Å². The zero-order chi connectivity index (χ0) is 11.0.